The molecule has 0 fully saturated rings. The molecule has 98 valence electrons. The van der Waals surface area contributed by atoms with Crippen LogP contribution < -0.4 is 10.9 Å². The molecule has 0 spiro atoms. The number of benzene rings is 1. The molecule has 0 atom stereocenters. The normalized spacial score (nSPS) is 17.5. The van der Waals surface area contributed by atoms with Gasteiger partial charge in [0.15, 0.2) is 5.78 Å². The van der Waals surface area contributed by atoms with Crippen LogP contribution in [-0.4, -0.2) is 12.3 Å². The Balaban J connectivity index is 2.67. The topological polar surface area (TPSA) is 46.3 Å². The molecule has 0 saturated heterocycles. The van der Waals surface area contributed by atoms with E-state index < -0.39 is 0 Å². The predicted octanol–water partition coefficient (Wildman–Crippen LogP) is 2.81. The fourth-order valence-corrected chi connectivity index (χ4v) is 2.69. The monoisotopic (exact) mass is 246 g/mol. The first-order valence-electron chi connectivity index (χ1n) is 6.57. The van der Waals surface area contributed by atoms with E-state index in [0.29, 0.717) is 0 Å². The largest absolute Gasteiger partial charge is 0.311 e. The Hall–Kier alpha value is -1.35. The molecule has 3 nitrogen and oxygen atoms in total. The van der Waals surface area contributed by atoms with Crippen LogP contribution in [0.3, 0.4) is 0 Å². The van der Waals surface area contributed by atoms with Gasteiger partial charge < -0.3 is 5.01 Å². The standard InChI is InChI=1S/C15H22N2O/c1-5-11-8-13-14(9-12(11)10(2)18)17(16)7-6-15(13,3)4/h8-9H,5-7,16H2,1-4H3. The Kier molecular flexibility index (Phi) is 3.20. The minimum atomic E-state index is 0.117. The number of carbonyl (C=O) groups is 1. The van der Waals surface area contributed by atoms with E-state index in [-0.39, 0.29) is 11.2 Å². The average molecular weight is 246 g/mol. The van der Waals surface area contributed by atoms with Gasteiger partial charge in [0.2, 0.25) is 0 Å². The quantitative estimate of drug-likeness (QED) is 0.644. The van der Waals surface area contributed by atoms with Crippen LogP contribution in [0.2, 0.25) is 0 Å². The molecule has 1 aromatic carbocycles. The lowest BCUT2D eigenvalue weighted by molar-refractivity contribution is 0.101. The summed E-state index contributed by atoms with van der Waals surface area (Å²) in [6, 6.07) is 4.14. The molecular formula is C15H22N2O. The van der Waals surface area contributed by atoms with Gasteiger partial charge in [-0.15, -0.1) is 0 Å². The molecule has 1 heterocycles. The zero-order chi connectivity index (χ0) is 13.5. The van der Waals surface area contributed by atoms with Gasteiger partial charge in [0.1, 0.15) is 0 Å². The van der Waals surface area contributed by atoms with Crippen LogP contribution in [0.15, 0.2) is 12.1 Å². The van der Waals surface area contributed by atoms with Crippen molar-refractivity contribution in [3.05, 3.63) is 28.8 Å². The summed E-state index contributed by atoms with van der Waals surface area (Å²) in [5.41, 5.74) is 4.34. The van der Waals surface area contributed by atoms with E-state index in [1.807, 2.05) is 6.07 Å². The number of Topliss-reactive ketones (excluding diaryl/α,β-unsaturated/α-hetero) is 1. The Labute approximate surface area is 109 Å². The van der Waals surface area contributed by atoms with Gasteiger partial charge >= 0.3 is 0 Å². The second-order valence-electron chi connectivity index (χ2n) is 5.76. The van der Waals surface area contributed by atoms with Crippen LogP contribution in [0.5, 0.6) is 0 Å². The summed E-state index contributed by atoms with van der Waals surface area (Å²) in [5, 5.41) is 1.77. The van der Waals surface area contributed by atoms with E-state index in [1.165, 1.54) is 5.56 Å². The number of nitrogens with zero attached hydrogens (tertiary/aromatic N) is 1. The Morgan fingerprint density at radius 3 is 2.67 bits per heavy atom. The average Bonchev–Trinajstić information content (AvgIpc) is 2.33. The highest BCUT2D eigenvalue weighted by molar-refractivity contribution is 5.97. The number of carbonyl (C=O) groups excluding carboxylic acids is 1. The fraction of sp³-hybridized carbons (Fsp3) is 0.533. The third-order valence-corrected chi connectivity index (χ3v) is 4.00. The van der Waals surface area contributed by atoms with Gasteiger partial charge in [-0.25, -0.2) is 5.84 Å². The maximum absolute atomic E-state index is 11.7. The van der Waals surface area contributed by atoms with Crippen LogP contribution in [0.25, 0.3) is 0 Å². The van der Waals surface area contributed by atoms with Crippen molar-refractivity contribution in [1.82, 2.24) is 0 Å². The van der Waals surface area contributed by atoms with Gasteiger partial charge in [0.25, 0.3) is 0 Å². The van der Waals surface area contributed by atoms with E-state index >= 15 is 0 Å². The zero-order valence-corrected chi connectivity index (χ0v) is 11.7. The van der Waals surface area contributed by atoms with Crippen molar-refractivity contribution < 1.29 is 4.79 Å². The fourth-order valence-electron chi connectivity index (χ4n) is 2.69. The lowest BCUT2D eigenvalue weighted by Crippen LogP contribution is -2.41. The van der Waals surface area contributed by atoms with Gasteiger partial charge in [-0.05, 0) is 42.4 Å². The van der Waals surface area contributed by atoms with E-state index in [9.17, 15) is 4.79 Å². The number of ketones is 1. The third kappa shape index (κ3) is 2.03. The van der Waals surface area contributed by atoms with Gasteiger partial charge in [0, 0.05) is 12.1 Å². The van der Waals surface area contributed by atoms with Crippen molar-refractivity contribution in [2.24, 2.45) is 5.84 Å². The Morgan fingerprint density at radius 1 is 1.44 bits per heavy atom. The van der Waals surface area contributed by atoms with Gasteiger partial charge in [-0.1, -0.05) is 26.8 Å². The van der Waals surface area contributed by atoms with Gasteiger partial charge in [-0.2, -0.15) is 0 Å². The minimum Gasteiger partial charge on any atom is -0.311 e. The highest BCUT2D eigenvalue weighted by atomic mass is 16.1. The summed E-state index contributed by atoms with van der Waals surface area (Å²) in [6.07, 6.45) is 1.92. The van der Waals surface area contributed by atoms with E-state index in [2.05, 4.69) is 26.8 Å². The molecule has 0 aromatic heterocycles. The maximum atomic E-state index is 11.7. The number of hydrogen-bond acceptors (Lipinski definition) is 3. The first-order valence-corrected chi connectivity index (χ1v) is 6.57. The predicted molar refractivity (Wildman–Crippen MR) is 75.0 cm³/mol. The molecule has 1 aromatic rings. The lowest BCUT2D eigenvalue weighted by Gasteiger charge is -2.38. The summed E-state index contributed by atoms with van der Waals surface area (Å²) in [4.78, 5) is 11.7. The Morgan fingerprint density at radius 2 is 2.11 bits per heavy atom. The van der Waals surface area contributed by atoms with Crippen molar-refractivity contribution in [3.63, 3.8) is 0 Å². The third-order valence-electron chi connectivity index (χ3n) is 4.00. The van der Waals surface area contributed by atoms with Crippen LogP contribution in [0.4, 0.5) is 5.69 Å². The first-order chi connectivity index (χ1) is 8.36. The number of aryl methyl sites for hydroxylation is 1. The van der Waals surface area contributed by atoms with Crippen molar-refractivity contribution in [3.8, 4) is 0 Å². The smallest absolute Gasteiger partial charge is 0.160 e. The van der Waals surface area contributed by atoms with Crippen LogP contribution in [-0.2, 0) is 11.8 Å². The van der Waals surface area contributed by atoms with Crippen molar-refractivity contribution >= 4 is 11.5 Å². The number of fused-ring (bicyclic) bond motifs is 1. The van der Waals surface area contributed by atoms with E-state index in [4.69, 9.17) is 5.84 Å². The number of hydrogen-bond donors (Lipinski definition) is 1. The van der Waals surface area contributed by atoms with E-state index in [1.54, 1.807) is 11.9 Å². The number of nitrogens with two attached hydrogens (primary N) is 1. The molecule has 1 aliphatic rings. The van der Waals surface area contributed by atoms with Crippen molar-refractivity contribution in [2.45, 2.75) is 46.0 Å². The molecule has 0 bridgehead atoms. The molecule has 18 heavy (non-hydrogen) atoms. The van der Waals surface area contributed by atoms with Crippen LogP contribution >= 0.6 is 0 Å². The van der Waals surface area contributed by atoms with E-state index in [0.717, 1.165) is 36.2 Å². The summed E-state index contributed by atoms with van der Waals surface area (Å²) < 4.78 is 0. The maximum Gasteiger partial charge on any atom is 0.160 e. The van der Waals surface area contributed by atoms with Crippen LogP contribution in [0.1, 0.15) is 55.6 Å². The molecule has 0 unspecified atom stereocenters. The molecule has 0 radical (unpaired) electrons. The summed E-state index contributed by atoms with van der Waals surface area (Å²) in [7, 11) is 0. The number of rotatable bonds is 2. The molecule has 1 aliphatic heterocycles. The van der Waals surface area contributed by atoms with Crippen molar-refractivity contribution in [1.29, 1.82) is 0 Å². The lowest BCUT2D eigenvalue weighted by atomic mass is 9.76. The minimum absolute atomic E-state index is 0.117. The number of hydrazine groups is 1. The highest BCUT2D eigenvalue weighted by Gasteiger charge is 2.31. The van der Waals surface area contributed by atoms with Gasteiger partial charge in [0.05, 0.1) is 5.69 Å². The first kappa shape index (κ1) is 13.1. The molecular weight excluding hydrogens is 224 g/mol. The van der Waals surface area contributed by atoms with Gasteiger partial charge in [-0.3, -0.25) is 4.79 Å². The molecule has 2 rings (SSSR count). The number of anilines is 1. The summed E-state index contributed by atoms with van der Waals surface area (Å²) in [6.45, 7) is 9.03. The van der Waals surface area contributed by atoms with Crippen LogP contribution in [0, 0.1) is 0 Å². The SMILES string of the molecule is CCc1cc2c(cc1C(C)=O)N(N)CCC2(C)C. The zero-order valence-electron chi connectivity index (χ0n) is 11.7. The summed E-state index contributed by atoms with van der Waals surface area (Å²) in [5.74, 6) is 6.17. The second kappa shape index (κ2) is 4.39. The molecule has 0 amide bonds. The molecule has 2 N–H and O–H groups in total. The molecule has 3 heteroatoms. The summed E-state index contributed by atoms with van der Waals surface area (Å²) >= 11 is 0. The van der Waals surface area contributed by atoms with Crippen molar-refractivity contribution in [2.75, 3.05) is 11.6 Å². The second-order valence-corrected chi connectivity index (χ2v) is 5.76. The highest BCUT2D eigenvalue weighted by Crippen LogP contribution is 2.40. The molecule has 0 aliphatic carbocycles. The Bertz CT molecular complexity index is 492. The molecule has 0 saturated carbocycles.